The molecule has 0 amide bonds. The quantitative estimate of drug-likeness (QED) is 0.532. The van der Waals surface area contributed by atoms with Gasteiger partial charge in [0.15, 0.2) is 4.96 Å². The van der Waals surface area contributed by atoms with E-state index in [9.17, 15) is 0 Å². The Labute approximate surface area is 139 Å². The summed E-state index contributed by atoms with van der Waals surface area (Å²) in [5.74, 6) is 0. The highest BCUT2D eigenvalue weighted by molar-refractivity contribution is 7.17. The Morgan fingerprint density at radius 1 is 1.00 bits per heavy atom. The molecule has 0 radical (unpaired) electrons. The van der Waals surface area contributed by atoms with Crippen LogP contribution in [0.1, 0.15) is 10.4 Å². The van der Waals surface area contributed by atoms with Crippen LogP contribution in [0, 0.1) is 13.8 Å². The zero-order chi connectivity index (χ0) is 16.0. The fourth-order valence-electron chi connectivity index (χ4n) is 2.84. The molecule has 0 spiro atoms. The van der Waals surface area contributed by atoms with E-state index < -0.39 is 0 Å². The standard InChI is InChI=1S/C19H17N3S/c1-12-6-8-14(9-7-12)18-13(2)23-19-21-17(11-22(18)19)15-4-3-5-16(20)10-15/h3-11H,20H2,1-2H3. The van der Waals surface area contributed by atoms with E-state index in [4.69, 9.17) is 10.7 Å². The van der Waals surface area contributed by atoms with Gasteiger partial charge >= 0.3 is 0 Å². The van der Waals surface area contributed by atoms with Gasteiger partial charge in [0, 0.05) is 22.3 Å². The molecule has 4 heteroatoms. The summed E-state index contributed by atoms with van der Waals surface area (Å²) in [6.45, 7) is 4.25. The molecule has 23 heavy (non-hydrogen) atoms. The van der Waals surface area contributed by atoms with Crippen LogP contribution in [0.25, 0.3) is 27.5 Å². The number of thiazole rings is 1. The zero-order valence-corrected chi connectivity index (χ0v) is 13.9. The number of aryl methyl sites for hydroxylation is 2. The molecule has 2 N–H and O–H groups in total. The van der Waals surface area contributed by atoms with Gasteiger partial charge in [-0.05, 0) is 31.5 Å². The minimum atomic E-state index is 0.758. The van der Waals surface area contributed by atoms with Crippen LogP contribution in [-0.2, 0) is 0 Å². The van der Waals surface area contributed by atoms with Crippen LogP contribution in [-0.4, -0.2) is 9.38 Å². The number of nitrogen functional groups attached to an aromatic ring is 1. The van der Waals surface area contributed by atoms with E-state index in [1.54, 1.807) is 11.3 Å². The lowest BCUT2D eigenvalue weighted by Gasteiger charge is -2.03. The third-order valence-corrected chi connectivity index (χ3v) is 4.97. The number of nitrogens with two attached hydrogens (primary N) is 1. The molecule has 114 valence electrons. The SMILES string of the molecule is Cc1ccc(-c2c(C)sc3nc(-c4cccc(N)c4)cn23)cc1. The van der Waals surface area contributed by atoms with Crippen LogP contribution >= 0.6 is 11.3 Å². The molecule has 0 fully saturated rings. The first-order valence-electron chi connectivity index (χ1n) is 7.53. The maximum Gasteiger partial charge on any atom is 0.194 e. The molecule has 3 nitrogen and oxygen atoms in total. The van der Waals surface area contributed by atoms with Crippen molar-refractivity contribution >= 4 is 22.0 Å². The summed E-state index contributed by atoms with van der Waals surface area (Å²) < 4.78 is 2.18. The average Bonchev–Trinajstić information content (AvgIpc) is 3.05. The molecule has 0 saturated carbocycles. The first-order valence-corrected chi connectivity index (χ1v) is 8.35. The highest BCUT2D eigenvalue weighted by Crippen LogP contribution is 2.33. The van der Waals surface area contributed by atoms with Gasteiger partial charge in [0.05, 0.1) is 11.4 Å². The average molecular weight is 319 g/mol. The van der Waals surface area contributed by atoms with Gasteiger partial charge in [-0.2, -0.15) is 0 Å². The second kappa shape index (κ2) is 5.25. The normalized spacial score (nSPS) is 11.2. The Morgan fingerprint density at radius 3 is 2.52 bits per heavy atom. The van der Waals surface area contributed by atoms with Crippen molar-refractivity contribution in [2.45, 2.75) is 13.8 Å². The van der Waals surface area contributed by atoms with Gasteiger partial charge in [0.25, 0.3) is 0 Å². The summed E-state index contributed by atoms with van der Waals surface area (Å²) in [5.41, 5.74) is 12.4. The van der Waals surface area contributed by atoms with E-state index in [0.29, 0.717) is 0 Å². The topological polar surface area (TPSA) is 43.3 Å². The van der Waals surface area contributed by atoms with Gasteiger partial charge in [-0.15, -0.1) is 11.3 Å². The molecule has 0 aliphatic heterocycles. The largest absolute Gasteiger partial charge is 0.399 e. The van der Waals surface area contributed by atoms with Crippen molar-refractivity contribution in [2.75, 3.05) is 5.73 Å². The van der Waals surface area contributed by atoms with E-state index >= 15 is 0 Å². The summed E-state index contributed by atoms with van der Waals surface area (Å²) >= 11 is 1.72. The summed E-state index contributed by atoms with van der Waals surface area (Å²) in [5, 5.41) is 0. The van der Waals surface area contributed by atoms with Gasteiger partial charge in [0.2, 0.25) is 0 Å². The highest BCUT2D eigenvalue weighted by Gasteiger charge is 2.14. The zero-order valence-electron chi connectivity index (χ0n) is 13.1. The maximum atomic E-state index is 5.89. The Bertz CT molecular complexity index is 993. The molecule has 0 bridgehead atoms. The molecule has 4 aromatic rings. The van der Waals surface area contributed by atoms with Crippen molar-refractivity contribution in [2.24, 2.45) is 0 Å². The minimum absolute atomic E-state index is 0.758. The van der Waals surface area contributed by atoms with Gasteiger partial charge in [0.1, 0.15) is 0 Å². The van der Waals surface area contributed by atoms with Crippen LogP contribution < -0.4 is 5.73 Å². The van der Waals surface area contributed by atoms with Crippen molar-refractivity contribution in [3.8, 4) is 22.5 Å². The fourth-order valence-corrected chi connectivity index (χ4v) is 3.81. The molecular formula is C19H17N3S. The molecule has 2 aromatic heterocycles. The van der Waals surface area contributed by atoms with Crippen molar-refractivity contribution in [1.29, 1.82) is 0 Å². The monoisotopic (exact) mass is 319 g/mol. The molecule has 0 saturated heterocycles. The number of benzene rings is 2. The van der Waals surface area contributed by atoms with E-state index in [2.05, 4.69) is 48.7 Å². The lowest BCUT2D eigenvalue weighted by molar-refractivity contribution is 1.22. The molecule has 0 unspecified atom stereocenters. The summed E-state index contributed by atoms with van der Waals surface area (Å²) in [6.07, 6.45) is 2.10. The predicted molar refractivity (Wildman–Crippen MR) is 97.8 cm³/mol. The molecule has 2 aromatic carbocycles. The van der Waals surface area contributed by atoms with Crippen LogP contribution in [0.2, 0.25) is 0 Å². The number of nitrogens with zero attached hydrogens (tertiary/aromatic N) is 2. The summed E-state index contributed by atoms with van der Waals surface area (Å²) in [4.78, 5) is 7.06. The number of hydrogen-bond acceptors (Lipinski definition) is 3. The van der Waals surface area contributed by atoms with Crippen molar-refractivity contribution < 1.29 is 0 Å². The van der Waals surface area contributed by atoms with Crippen LogP contribution in [0.5, 0.6) is 0 Å². The molecule has 0 aliphatic rings. The molecule has 0 aliphatic carbocycles. The third-order valence-electron chi connectivity index (χ3n) is 4.00. The second-order valence-corrected chi connectivity index (χ2v) is 6.96. The van der Waals surface area contributed by atoms with E-state index in [-0.39, 0.29) is 0 Å². The smallest absolute Gasteiger partial charge is 0.194 e. The van der Waals surface area contributed by atoms with Crippen molar-refractivity contribution in [3.05, 3.63) is 65.2 Å². The van der Waals surface area contributed by atoms with Gasteiger partial charge in [-0.25, -0.2) is 4.98 Å². The van der Waals surface area contributed by atoms with Crippen LogP contribution in [0.15, 0.2) is 54.7 Å². The highest BCUT2D eigenvalue weighted by atomic mass is 32.1. The predicted octanol–water partition coefficient (Wildman–Crippen LogP) is 4.93. The molecule has 0 atom stereocenters. The molecule has 4 rings (SSSR count). The minimum Gasteiger partial charge on any atom is -0.399 e. The number of rotatable bonds is 2. The number of anilines is 1. The van der Waals surface area contributed by atoms with Crippen LogP contribution in [0.3, 0.4) is 0 Å². The first-order chi connectivity index (χ1) is 11.1. The van der Waals surface area contributed by atoms with Crippen LogP contribution in [0.4, 0.5) is 5.69 Å². The third kappa shape index (κ3) is 2.41. The van der Waals surface area contributed by atoms with E-state index in [1.807, 2.05) is 24.3 Å². The van der Waals surface area contributed by atoms with E-state index in [1.165, 1.54) is 21.7 Å². The number of hydrogen-bond donors (Lipinski definition) is 1. The molecular weight excluding hydrogens is 302 g/mol. The first kappa shape index (κ1) is 14.0. The number of imidazole rings is 1. The van der Waals surface area contributed by atoms with Crippen molar-refractivity contribution in [3.63, 3.8) is 0 Å². The Kier molecular flexibility index (Phi) is 3.20. The Balaban J connectivity index is 1.89. The van der Waals surface area contributed by atoms with Gasteiger partial charge in [-0.3, -0.25) is 4.40 Å². The maximum absolute atomic E-state index is 5.89. The van der Waals surface area contributed by atoms with Crippen molar-refractivity contribution in [1.82, 2.24) is 9.38 Å². The Hall–Kier alpha value is -2.59. The lowest BCUT2D eigenvalue weighted by Crippen LogP contribution is -1.87. The van der Waals surface area contributed by atoms with Gasteiger partial charge in [-0.1, -0.05) is 42.0 Å². The molecule has 2 heterocycles. The fraction of sp³-hybridized carbons (Fsp3) is 0.105. The number of fused-ring (bicyclic) bond motifs is 1. The van der Waals surface area contributed by atoms with Gasteiger partial charge < -0.3 is 5.73 Å². The summed E-state index contributed by atoms with van der Waals surface area (Å²) in [7, 11) is 0. The lowest BCUT2D eigenvalue weighted by atomic mass is 10.1. The Morgan fingerprint density at radius 2 is 1.78 bits per heavy atom. The number of aromatic nitrogens is 2. The summed E-state index contributed by atoms with van der Waals surface area (Å²) in [6, 6.07) is 16.5. The second-order valence-electron chi connectivity index (χ2n) is 5.78. The van der Waals surface area contributed by atoms with E-state index in [0.717, 1.165) is 21.9 Å².